The van der Waals surface area contributed by atoms with E-state index in [1.807, 2.05) is 36.4 Å². The molecule has 0 amide bonds. The number of benzene rings is 2. The first-order valence-electron chi connectivity index (χ1n) is 9.52. The van der Waals surface area contributed by atoms with Crippen LogP contribution in [-0.2, 0) is 11.3 Å². The molecule has 7 nitrogen and oxygen atoms in total. The molecule has 1 N–H and O–H groups in total. The van der Waals surface area contributed by atoms with Crippen molar-refractivity contribution in [2.75, 3.05) is 0 Å². The minimum Gasteiger partial charge on any atom is -0.447 e. The highest BCUT2D eigenvalue weighted by atomic mass is 16.5. The zero-order valence-electron chi connectivity index (χ0n) is 16.2. The predicted octanol–water partition coefficient (Wildman–Crippen LogP) is 3.05. The van der Waals surface area contributed by atoms with Gasteiger partial charge in [-0.05, 0) is 42.8 Å². The number of nitrogens with zero attached hydrogens (tertiary/aromatic N) is 2. The van der Waals surface area contributed by atoms with E-state index in [2.05, 4.69) is 9.97 Å². The van der Waals surface area contributed by atoms with Crippen LogP contribution in [0.15, 0.2) is 82.5 Å². The number of pyridine rings is 1. The van der Waals surface area contributed by atoms with E-state index >= 15 is 0 Å². The fourth-order valence-corrected chi connectivity index (χ4v) is 3.30. The third kappa shape index (κ3) is 3.65. The zero-order chi connectivity index (χ0) is 21.1. The first kappa shape index (κ1) is 19.3. The molecule has 0 bridgehead atoms. The first-order valence-corrected chi connectivity index (χ1v) is 9.52. The normalized spacial score (nSPS) is 11.9. The fourth-order valence-electron chi connectivity index (χ4n) is 3.30. The van der Waals surface area contributed by atoms with E-state index in [-0.39, 0.29) is 12.1 Å². The summed E-state index contributed by atoms with van der Waals surface area (Å²) in [4.78, 5) is 44.4. The topological polar surface area (TPSA) is 94.1 Å². The van der Waals surface area contributed by atoms with Crippen molar-refractivity contribution in [2.24, 2.45) is 0 Å². The lowest BCUT2D eigenvalue weighted by Crippen LogP contribution is -2.34. The maximum atomic E-state index is 12.9. The number of hydrogen-bond donors (Lipinski definition) is 1. The van der Waals surface area contributed by atoms with Crippen molar-refractivity contribution in [3.8, 4) is 0 Å². The Morgan fingerprint density at radius 2 is 1.83 bits per heavy atom. The molecule has 0 aliphatic heterocycles. The van der Waals surface area contributed by atoms with E-state index in [1.54, 1.807) is 25.3 Å². The minimum absolute atomic E-state index is 0.226. The predicted molar refractivity (Wildman–Crippen MR) is 112 cm³/mol. The summed E-state index contributed by atoms with van der Waals surface area (Å²) in [5.74, 6) is -0.586. The molecule has 2 heterocycles. The molecule has 0 fully saturated rings. The van der Waals surface area contributed by atoms with E-state index in [4.69, 9.17) is 4.74 Å². The molecule has 1 unspecified atom stereocenters. The van der Waals surface area contributed by atoms with Crippen LogP contribution in [0.25, 0.3) is 10.9 Å². The second-order valence-electron chi connectivity index (χ2n) is 6.69. The van der Waals surface area contributed by atoms with Crippen molar-refractivity contribution in [3.05, 3.63) is 111 Å². The number of fused-ring (bicyclic) bond motifs is 1. The smallest absolute Gasteiger partial charge is 0.339 e. The number of nitrogens with one attached hydrogen (secondary N) is 1. The van der Waals surface area contributed by atoms with Crippen LogP contribution in [-0.4, -0.2) is 20.5 Å². The molecule has 7 heteroatoms. The fraction of sp³-hybridized carbons (Fsp3) is 0.130. The highest BCUT2D eigenvalue weighted by Gasteiger charge is 2.21. The Labute approximate surface area is 171 Å². The summed E-state index contributed by atoms with van der Waals surface area (Å²) in [6.45, 7) is 1.98. The summed E-state index contributed by atoms with van der Waals surface area (Å²) < 4.78 is 6.89. The molecule has 0 saturated heterocycles. The lowest BCUT2D eigenvalue weighted by atomic mass is 10.1. The Balaban J connectivity index is 1.72. The molecule has 1 atom stereocenters. The third-order valence-electron chi connectivity index (χ3n) is 4.82. The van der Waals surface area contributed by atoms with E-state index < -0.39 is 23.3 Å². The molecule has 2 aromatic heterocycles. The van der Waals surface area contributed by atoms with Crippen molar-refractivity contribution >= 4 is 16.9 Å². The standard InChI is InChI=1S/C23H19N3O4/c1-2-26-21(27)17-12-11-16(14-19(17)25-23(26)29)22(28)30-20(15-8-4-3-5-9-15)18-10-6-7-13-24-18/h3-14,20H,2H2,1H3,(H,25,29). The summed E-state index contributed by atoms with van der Waals surface area (Å²) in [6.07, 6.45) is 0.946. The van der Waals surface area contributed by atoms with E-state index in [0.717, 1.165) is 10.1 Å². The van der Waals surface area contributed by atoms with Gasteiger partial charge in [-0.2, -0.15) is 0 Å². The average Bonchev–Trinajstić information content (AvgIpc) is 2.78. The molecule has 0 saturated carbocycles. The summed E-state index contributed by atoms with van der Waals surface area (Å²) in [6, 6.07) is 19.2. The largest absolute Gasteiger partial charge is 0.447 e. The van der Waals surface area contributed by atoms with Gasteiger partial charge in [0.15, 0.2) is 6.10 Å². The van der Waals surface area contributed by atoms with Gasteiger partial charge >= 0.3 is 11.7 Å². The molecule has 150 valence electrons. The summed E-state index contributed by atoms with van der Waals surface area (Å²) in [7, 11) is 0. The van der Waals surface area contributed by atoms with Gasteiger partial charge in [-0.25, -0.2) is 9.59 Å². The molecule has 4 aromatic rings. The Morgan fingerprint density at radius 3 is 2.53 bits per heavy atom. The van der Waals surface area contributed by atoms with Crippen LogP contribution in [0.3, 0.4) is 0 Å². The maximum Gasteiger partial charge on any atom is 0.339 e. The van der Waals surface area contributed by atoms with Crippen LogP contribution in [0.2, 0.25) is 0 Å². The number of ether oxygens (including phenoxy) is 1. The number of aromatic nitrogens is 3. The lowest BCUT2D eigenvalue weighted by molar-refractivity contribution is 0.0371. The van der Waals surface area contributed by atoms with Gasteiger partial charge in [0.25, 0.3) is 5.56 Å². The molecular weight excluding hydrogens is 382 g/mol. The van der Waals surface area contributed by atoms with Crippen LogP contribution in [0, 0.1) is 0 Å². The molecule has 30 heavy (non-hydrogen) atoms. The Bertz CT molecular complexity index is 1270. The van der Waals surface area contributed by atoms with Gasteiger partial charge in [0.05, 0.1) is 22.2 Å². The van der Waals surface area contributed by atoms with Crippen molar-refractivity contribution in [2.45, 2.75) is 19.6 Å². The number of carbonyl (C=O) groups excluding carboxylic acids is 1. The van der Waals surface area contributed by atoms with Gasteiger partial charge in [-0.3, -0.25) is 14.3 Å². The first-order chi connectivity index (χ1) is 14.6. The van der Waals surface area contributed by atoms with Gasteiger partial charge in [-0.1, -0.05) is 36.4 Å². The number of hydrogen-bond acceptors (Lipinski definition) is 5. The van der Waals surface area contributed by atoms with Crippen LogP contribution < -0.4 is 11.2 Å². The van der Waals surface area contributed by atoms with Crippen LogP contribution >= 0.6 is 0 Å². The maximum absolute atomic E-state index is 12.9. The van der Waals surface area contributed by atoms with E-state index in [1.165, 1.54) is 18.2 Å². The van der Waals surface area contributed by atoms with Crippen molar-refractivity contribution in [1.82, 2.24) is 14.5 Å². The van der Waals surface area contributed by atoms with Crippen molar-refractivity contribution in [1.29, 1.82) is 0 Å². The molecule has 0 spiro atoms. The highest BCUT2D eigenvalue weighted by Crippen LogP contribution is 2.26. The van der Waals surface area contributed by atoms with Crippen LogP contribution in [0.5, 0.6) is 0 Å². The van der Waals surface area contributed by atoms with Gasteiger partial charge < -0.3 is 9.72 Å². The highest BCUT2D eigenvalue weighted by molar-refractivity contribution is 5.94. The van der Waals surface area contributed by atoms with Crippen molar-refractivity contribution in [3.63, 3.8) is 0 Å². The number of rotatable bonds is 5. The summed E-state index contributed by atoms with van der Waals surface area (Å²) >= 11 is 0. The lowest BCUT2D eigenvalue weighted by Gasteiger charge is -2.18. The number of aromatic amines is 1. The van der Waals surface area contributed by atoms with Gasteiger partial charge in [-0.15, -0.1) is 0 Å². The monoisotopic (exact) mass is 401 g/mol. The SMILES string of the molecule is CCn1c(=O)[nH]c2cc(C(=O)OC(c3ccccc3)c3ccccn3)ccc2c1=O. The van der Waals surface area contributed by atoms with E-state index in [0.29, 0.717) is 16.6 Å². The second-order valence-corrected chi connectivity index (χ2v) is 6.69. The molecular formula is C23H19N3O4. The molecule has 2 aromatic carbocycles. The number of H-pyrrole nitrogens is 1. The minimum atomic E-state index is -0.692. The van der Waals surface area contributed by atoms with E-state index in [9.17, 15) is 14.4 Å². The third-order valence-corrected chi connectivity index (χ3v) is 4.82. The average molecular weight is 401 g/mol. The Hall–Kier alpha value is -4.00. The second kappa shape index (κ2) is 8.16. The van der Waals surface area contributed by atoms with Crippen molar-refractivity contribution < 1.29 is 9.53 Å². The zero-order valence-corrected chi connectivity index (χ0v) is 16.2. The molecule has 0 radical (unpaired) electrons. The van der Waals surface area contributed by atoms with Gasteiger partial charge in [0, 0.05) is 12.7 Å². The van der Waals surface area contributed by atoms with Crippen LogP contribution in [0.4, 0.5) is 0 Å². The molecule has 0 aliphatic carbocycles. The molecule has 4 rings (SSSR count). The van der Waals surface area contributed by atoms with Gasteiger partial charge in [0.2, 0.25) is 0 Å². The quantitative estimate of drug-likeness (QED) is 0.519. The number of carbonyl (C=O) groups is 1. The molecule has 0 aliphatic rings. The number of esters is 1. The summed E-state index contributed by atoms with van der Waals surface area (Å²) in [5.41, 5.74) is 0.978. The Kier molecular flexibility index (Phi) is 5.26. The van der Waals surface area contributed by atoms with Gasteiger partial charge in [0.1, 0.15) is 0 Å². The summed E-state index contributed by atoms with van der Waals surface area (Å²) in [5, 5.41) is 0.331. The van der Waals surface area contributed by atoms with Crippen LogP contribution in [0.1, 0.15) is 34.6 Å². The Morgan fingerprint density at radius 1 is 1.07 bits per heavy atom.